The Kier molecular flexibility index (Phi) is 4.61. The molecule has 6 nitrogen and oxygen atoms in total. The maximum absolute atomic E-state index is 11.4. The molecule has 0 saturated heterocycles. The summed E-state index contributed by atoms with van der Waals surface area (Å²) < 4.78 is 0.486. The number of carbonyl (C=O) groups is 1. The fourth-order valence-electron chi connectivity index (χ4n) is 1.12. The van der Waals surface area contributed by atoms with E-state index in [0.29, 0.717) is 14.1 Å². The monoisotopic (exact) mass is 313 g/mol. The summed E-state index contributed by atoms with van der Waals surface area (Å²) >= 11 is 11.7. The highest BCUT2D eigenvalue weighted by Crippen LogP contribution is 2.10. The lowest BCUT2D eigenvalue weighted by atomic mass is 10.2. The van der Waals surface area contributed by atoms with Gasteiger partial charge in [-0.05, 0) is 29.9 Å². The highest BCUT2D eigenvalue weighted by Gasteiger charge is 2.02. The summed E-state index contributed by atoms with van der Waals surface area (Å²) in [5.74, 6) is 0. The molecule has 2 aromatic rings. The van der Waals surface area contributed by atoms with E-state index in [0.717, 1.165) is 16.9 Å². The van der Waals surface area contributed by atoms with Gasteiger partial charge in [-0.3, -0.25) is 10.4 Å². The first kappa shape index (κ1) is 13.7. The number of urea groups is 1. The number of anilines is 1. The van der Waals surface area contributed by atoms with E-state index in [9.17, 15) is 4.79 Å². The van der Waals surface area contributed by atoms with Crippen LogP contribution in [0.3, 0.4) is 0 Å². The predicted octanol–water partition coefficient (Wildman–Crippen LogP) is 3.01. The van der Waals surface area contributed by atoms with Crippen LogP contribution in [0.5, 0.6) is 0 Å². The van der Waals surface area contributed by atoms with Gasteiger partial charge in [-0.2, -0.15) is 5.10 Å². The molecule has 3 N–H and O–H groups in total. The van der Waals surface area contributed by atoms with E-state index in [1.54, 1.807) is 24.3 Å². The number of rotatable bonds is 3. The molecule has 2 amide bonds. The fourth-order valence-corrected chi connectivity index (χ4v) is 2.03. The van der Waals surface area contributed by atoms with Crippen molar-refractivity contribution in [3.63, 3.8) is 0 Å². The van der Waals surface area contributed by atoms with Crippen molar-refractivity contribution in [1.82, 2.24) is 15.6 Å². The van der Waals surface area contributed by atoms with Gasteiger partial charge in [-0.1, -0.05) is 35.1 Å². The number of hydrogen-bond donors (Lipinski definition) is 3. The second kappa shape index (κ2) is 6.41. The van der Waals surface area contributed by atoms with Crippen LogP contribution in [0.4, 0.5) is 9.93 Å². The van der Waals surface area contributed by atoms with Gasteiger partial charge in [-0.15, -0.1) is 5.10 Å². The smallest absolute Gasteiger partial charge is 0.281 e. The van der Waals surface area contributed by atoms with Crippen molar-refractivity contribution < 1.29 is 4.79 Å². The molecular formula is C10H8ClN5OS2. The Bertz CT molecular complexity index is 648. The lowest BCUT2D eigenvalue weighted by molar-refractivity contribution is 0.252. The van der Waals surface area contributed by atoms with E-state index in [2.05, 4.69) is 26.0 Å². The molecule has 0 fully saturated rings. The van der Waals surface area contributed by atoms with Gasteiger partial charge in [0.25, 0.3) is 0 Å². The van der Waals surface area contributed by atoms with E-state index >= 15 is 0 Å². The summed E-state index contributed by atoms with van der Waals surface area (Å²) in [6.07, 6.45) is 1.50. The molecule has 2 rings (SSSR count). The van der Waals surface area contributed by atoms with Crippen molar-refractivity contribution in [3.8, 4) is 0 Å². The summed E-state index contributed by atoms with van der Waals surface area (Å²) in [6.45, 7) is 0. The molecule has 0 radical (unpaired) electrons. The first-order chi connectivity index (χ1) is 9.13. The third kappa shape index (κ3) is 4.43. The van der Waals surface area contributed by atoms with E-state index < -0.39 is 6.03 Å². The number of benzene rings is 1. The minimum absolute atomic E-state index is 0.379. The number of amides is 2. The third-order valence-electron chi connectivity index (χ3n) is 1.91. The van der Waals surface area contributed by atoms with E-state index in [4.69, 9.17) is 23.8 Å². The van der Waals surface area contributed by atoms with Gasteiger partial charge in [0.05, 0.1) is 6.21 Å². The van der Waals surface area contributed by atoms with Crippen molar-refractivity contribution in [2.75, 3.05) is 5.32 Å². The van der Waals surface area contributed by atoms with E-state index in [-0.39, 0.29) is 0 Å². The molecule has 9 heteroatoms. The SMILES string of the molecule is O=C(N/N=C\c1ccc(Cl)cc1)Nc1n[nH]c(=S)s1. The Morgan fingerprint density at radius 1 is 1.47 bits per heavy atom. The maximum atomic E-state index is 11.4. The number of H-pyrrole nitrogens is 1. The normalized spacial score (nSPS) is 10.6. The van der Waals surface area contributed by atoms with Crippen LogP contribution in [0.1, 0.15) is 5.56 Å². The number of hydrazone groups is 1. The molecule has 0 spiro atoms. The Balaban J connectivity index is 1.86. The van der Waals surface area contributed by atoms with Crippen molar-refractivity contribution in [2.24, 2.45) is 5.10 Å². The van der Waals surface area contributed by atoms with Gasteiger partial charge in [-0.25, -0.2) is 10.2 Å². The molecule has 0 bridgehead atoms. The zero-order chi connectivity index (χ0) is 13.7. The van der Waals surface area contributed by atoms with Crippen LogP contribution in [0.25, 0.3) is 0 Å². The van der Waals surface area contributed by atoms with Gasteiger partial charge in [0, 0.05) is 5.02 Å². The molecule has 0 aliphatic rings. The first-order valence-electron chi connectivity index (χ1n) is 5.04. The first-order valence-corrected chi connectivity index (χ1v) is 6.65. The molecule has 0 aliphatic heterocycles. The van der Waals surface area contributed by atoms with Crippen LogP contribution in [0.15, 0.2) is 29.4 Å². The molecular weight excluding hydrogens is 306 g/mol. The van der Waals surface area contributed by atoms with Crippen LogP contribution in [-0.4, -0.2) is 22.4 Å². The summed E-state index contributed by atoms with van der Waals surface area (Å²) in [6, 6.07) is 6.54. The zero-order valence-electron chi connectivity index (χ0n) is 9.38. The Morgan fingerprint density at radius 3 is 2.84 bits per heavy atom. The van der Waals surface area contributed by atoms with Gasteiger partial charge in [0.1, 0.15) is 0 Å². The second-order valence-corrected chi connectivity index (χ2v) is 5.40. The van der Waals surface area contributed by atoms with E-state index in [1.165, 1.54) is 6.21 Å². The summed E-state index contributed by atoms with van der Waals surface area (Å²) in [4.78, 5) is 11.4. The highest BCUT2D eigenvalue weighted by molar-refractivity contribution is 7.73. The average Bonchev–Trinajstić information content (AvgIpc) is 2.77. The van der Waals surface area contributed by atoms with Crippen LogP contribution >= 0.6 is 35.2 Å². The molecule has 1 heterocycles. The standard InChI is InChI=1S/C10H8ClN5OS2/c11-7-3-1-6(2-4-7)5-12-14-8(17)13-9-15-16-10(18)19-9/h1-5H,(H,16,18)(H2,13,14,15,17)/b12-5-. The van der Waals surface area contributed by atoms with Gasteiger partial charge in [0.2, 0.25) is 5.13 Å². The van der Waals surface area contributed by atoms with Crippen LogP contribution < -0.4 is 10.7 Å². The molecule has 19 heavy (non-hydrogen) atoms. The number of nitrogens with one attached hydrogen (secondary N) is 3. The number of aromatic nitrogens is 2. The summed E-state index contributed by atoms with van der Waals surface area (Å²) in [5.41, 5.74) is 3.13. The number of aromatic amines is 1. The minimum atomic E-state index is -0.497. The van der Waals surface area contributed by atoms with Crippen LogP contribution in [-0.2, 0) is 0 Å². The highest BCUT2D eigenvalue weighted by atomic mass is 35.5. The number of nitrogens with zero attached hydrogens (tertiary/aromatic N) is 2. The fraction of sp³-hybridized carbons (Fsp3) is 0. The number of hydrogen-bond acceptors (Lipinski definition) is 5. The Hall–Kier alpha value is -1.77. The van der Waals surface area contributed by atoms with Gasteiger partial charge >= 0.3 is 6.03 Å². The summed E-state index contributed by atoms with van der Waals surface area (Å²) in [7, 11) is 0. The molecule has 1 aromatic carbocycles. The topological polar surface area (TPSA) is 82.2 Å². The van der Waals surface area contributed by atoms with Crippen molar-refractivity contribution in [1.29, 1.82) is 0 Å². The van der Waals surface area contributed by atoms with Crippen LogP contribution in [0, 0.1) is 3.95 Å². The quantitative estimate of drug-likeness (QED) is 0.463. The lowest BCUT2D eigenvalue weighted by Crippen LogP contribution is -2.24. The number of halogens is 1. The summed E-state index contributed by atoms with van der Waals surface area (Å²) in [5, 5.41) is 13.6. The second-order valence-electron chi connectivity index (χ2n) is 3.29. The van der Waals surface area contributed by atoms with Crippen LogP contribution in [0.2, 0.25) is 5.02 Å². The van der Waals surface area contributed by atoms with Crippen molar-refractivity contribution in [2.45, 2.75) is 0 Å². The van der Waals surface area contributed by atoms with Gasteiger partial charge < -0.3 is 0 Å². The minimum Gasteiger partial charge on any atom is -0.281 e. The lowest BCUT2D eigenvalue weighted by Gasteiger charge is -1.98. The molecule has 0 saturated carbocycles. The largest absolute Gasteiger partial charge is 0.341 e. The number of carbonyl (C=O) groups excluding carboxylic acids is 1. The Morgan fingerprint density at radius 2 is 2.21 bits per heavy atom. The van der Waals surface area contributed by atoms with E-state index in [1.807, 2.05) is 0 Å². The molecule has 0 aliphatic carbocycles. The van der Waals surface area contributed by atoms with Crippen molar-refractivity contribution >= 4 is 52.5 Å². The molecule has 0 unspecified atom stereocenters. The van der Waals surface area contributed by atoms with Crippen molar-refractivity contribution in [3.05, 3.63) is 38.8 Å². The third-order valence-corrected chi connectivity index (χ3v) is 3.16. The van der Waals surface area contributed by atoms with Gasteiger partial charge in [0.15, 0.2) is 3.95 Å². The molecule has 0 atom stereocenters. The Labute approximate surface area is 122 Å². The average molecular weight is 314 g/mol. The maximum Gasteiger partial charge on any atom is 0.341 e. The molecule has 98 valence electrons. The predicted molar refractivity (Wildman–Crippen MR) is 78.5 cm³/mol. The zero-order valence-corrected chi connectivity index (χ0v) is 11.8. The molecule has 1 aromatic heterocycles.